The molecule has 5 heteroatoms. The van der Waals surface area contributed by atoms with E-state index in [1.165, 1.54) is 6.08 Å². The van der Waals surface area contributed by atoms with Gasteiger partial charge in [-0.05, 0) is 55.0 Å². The van der Waals surface area contributed by atoms with E-state index in [9.17, 15) is 10.1 Å². The highest BCUT2D eigenvalue weighted by Gasteiger charge is 2.10. The van der Waals surface area contributed by atoms with Crippen molar-refractivity contribution < 1.29 is 14.3 Å². The molecule has 1 amide bonds. The predicted molar refractivity (Wildman–Crippen MR) is 102 cm³/mol. The van der Waals surface area contributed by atoms with E-state index in [0.29, 0.717) is 30.2 Å². The summed E-state index contributed by atoms with van der Waals surface area (Å²) >= 11 is 0. The summed E-state index contributed by atoms with van der Waals surface area (Å²) in [7, 11) is 0. The third-order valence-corrected chi connectivity index (χ3v) is 3.33. The maximum absolute atomic E-state index is 12.3. The van der Waals surface area contributed by atoms with Crippen molar-refractivity contribution in [1.29, 1.82) is 5.26 Å². The van der Waals surface area contributed by atoms with Crippen LogP contribution in [0.1, 0.15) is 12.5 Å². The van der Waals surface area contributed by atoms with Crippen molar-refractivity contribution in [2.24, 2.45) is 0 Å². The average molecular weight is 348 g/mol. The van der Waals surface area contributed by atoms with Gasteiger partial charge in [0.25, 0.3) is 5.91 Å². The van der Waals surface area contributed by atoms with E-state index in [1.54, 1.807) is 54.6 Å². The van der Waals surface area contributed by atoms with Gasteiger partial charge in [0.05, 0.1) is 6.61 Å². The van der Waals surface area contributed by atoms with Crippen molar-refractivity contribution in [3.8, 4) is 17.6 Å². The molecule has 0 unspecified atom stereocenters. The van der Waals surface area contributed by atoms with Gasteiger partial charge >= 0.3 is 0 Å². The number of hydrogen-bond donors (Lipinski definition) is 1. The highest BCUT2D eigenvalue weighted by molar-refractivity contribution is 6.09. The van der Waals surface area contributed by atoms with Crippen molar-refractivity contribution in [3.05, 3.63) is 72.3 Å². The Bertz CT molecular complexity index is 833. The predicted octanol–water partition coefficient (Wildman–Crippen LogP) is 4.20. The van der Waals surface area contributed by atoms with E-state index in [1.807, 2.05) is 13.0 Å². The van der Waals surface area contributed by atoms with Gasteiger partial charge in [0.1, 0.15) is 29.7 Å². The molecule has 5 nitrogen and oxygen atoms in total. The van der Waals surface area contributed by atoms with Gasteiger partial charge in [0.2, 0.25) is 0 Å². The number of anilines is 1. The number of rotatable bonds is 8. The molecule has 0 aliphatic heterocycles. The lowest BCUT2D eigenvalue weighted by atomic mass is 10.1. The first-order chi connectivity index (χ1) is 12.7. The Morgan fingerprint density at radius 1 is 1.19 bits per heavy atom. The topological polar surface area (TPSA) is 71.3 Å². The Morgan fingerprint density at radius 3 is 2.62 bits per heavy atom. The summed E-state index contributed by atoms with van der Waals surface area (Å²) in [6, 6.07) is 16.0. The average Bonchev–Trinajstić information content (AvgIpc) is 2.66. The summed E-state index contributed by atoms with van der Waals surface area (Å²) in [6.07, 6.45) is 3.16. The molecule has 0 saturated carbocycles. The Labute approximate surface area is 153 Å². The first kappa shape index (κ1) is 18.8. The monoisotopic (exact) mass is 348 g/mol. The summed E-state index contributed by atoms with van der Waals surface area (Å²) in [4.78, 5) is 12.3. The van der Waals surface area contributed by atoms with Crippen LogP contribution >= 0.6 is 0 Å². The number of nitrogens with one attached hydrogen (secondary N) is 1. The fourth-order valence-electron chi connectivity index (χ4n) is 2.16. The SMILES string of the molecule is C=CCOc1cccc(/C=C(/C#N)C(=O)Nc2ccc(OCC)cc2)c1. The summed E-state index contributed by atoms with van der Waals surface area (Å²) in [5.41, 5.74) is 1.28. The van der Waals surface area contributed by atoms with Gasteiger partial charge in [-0.25, -0.2) is 0 Å². The number of hydrogen-bond acceptors (Lipinski definition) is 4. The molecule has 0 aliphatic carbocycles. The zero-order chi connectivity index (χ0) is 18.8. The Hall–Kier alpha value is -3.52. The number of carbonyl (C=O) groups is 1. The second-order valence-electron chi connectivity index (χ2n) is 5.25. The zero-order valence-corrected chi connectivity index (χ0v) is 14.6. The lowest BCUT2D eigenvalue weighted by molar-refractivity contribution is -0.112. The molecule has 0 radical (unpaired) electrons. The molecular weight excluding hydrogens is 328 g/mol. The van der Waals surface area contributed by atoms with Gasteiger partial charge < -0.3 is 14.8 Å². The van der Waals surface area contributed by atoms with Crippen LogP contribution in [0, 0.1) is 11.3 Å². The number of carbonyl (C=O) groups excluding carboxylic acids is 1. The second kappa shape index (κ2) is 9.70. The maximum Gasteiger partial charge on any atom is 0.266 e. The van der Waals surface area contributed by atoms with Crippen LogP contribution in [-0.2, 0) is 4.79 Å². The lowest BCUT2D eigenvalue weighted by Crippen LogP contribution is -2.13. The minimum Gasteiger partial charge on any atom is -0.494 e. The van der Waals surface area contributed by atoms with Crippen LogP contribution in [0.25, 0.3) is 6.08 Å². The molecule has 0 saturated heterocycles. The summed E-state index contributed by atoms with van der Waals surface area (Å²) < 4.78 is 10.8. The Kier molecular flexibility index (Phi) is 7.02. The van der Waals surface area contributed by atoms with E-state index >= 15 is 0 Å². The van der Waals surface area contributed by atoms with Crippen molar-refractivity contribution in [1.82, 2.24) is 0 Å². The molecule has 0 spiro atoms. The Balaban J connectivity index is 2.11. The van der Waals surface area contributed by atoms with Crippen LogP contribution in [-0.4, -0.2) is 19.1 Å². The molecule has 0 atom stereocenters. The van der Waals surface area contributed by atoms with Crippen molar-refractivity contribution in [3.63, 3.8) is 0 Å². The molecule has 2 aromatic rings. The fourth-order valence-corrected chi connectivity index (χ4v) is 2.16. The van der Waals surface area contributed by atoms with Crippen LogP contribution in [0.2, 0.25) is 0 Å². The number of nitrogens with zero attached hydrogens (tertiary/aromatic N) is 1. The van der Waals surface area contributed by atoms with Gasteiger partial charge in [-0.3, -0.25) is 4.79 Å². The van der Waals surface area contributed by atoms with Gasteiger partial charge in [-0.2, -0.15) is 5.26 Å². The van der Waals surface area contributed by atoms with Crippen molar-refractivity contribution in [2.75, 3.05) is 18.5 Å². The molecule has 2 aromatic carbocycles. The Morgan fingerprint density at radius 2 is 1.96 bits per heavy atom. The highest BCUT2D eigenvalue weighted by Crippen LogP contribution is 2.18. The van der Waals surface area contributed by atoms with Gasteiger partial charge in [-0.1, -0.05) is 24.8 Å². The largest absolute Gasteiger partial charge is 0.494 e. The highest BCUT2D eigenvalue weighted by atomic mass is 16.5. The van der Waals surface area contributed by atoms with E-state index in [0.717, 1.165) is 5.75 Å². The van der Waals surface area contributed by atoms with Gasteiger partial charge in [0.15, 0.2) is 0 Å². The van der Waals surface area contributed by atoms with Crippen LogP contribution < -0.4 is 14.8 Å². The van der Waals surface area contributed by atoms with Gasteiger partial charge in [-0.15, -0.1) is 0 Å². The number of amides is 1. The van der Waals surface area contributed by atoms with E-state index in [2.05, 4.69) is 11.9 Å². The minimum absolute atomic E-state index is 0.000226. The molecule has 0 aliphatic rings. The molecule has 26 heavy (non-hydrogen) atoms. The fraction of sp³-hybridized carbons (Fsp3) is 0.143. The first-order valence-electron chi connectivity index (χ1n) is 8.16. The third-order valence-electron chi connectivity index (χ3n) is 3.33. The standard InChI is InChI=1S/C21H20N2O3/c1-3-12-26-20-7-5-6-16(14-20)13-17(15-22)21(24)23-18-8-10-19(11-9-18)25-4-2/h3,5-11,13-14H,1,4,12H2,2H3,(H,23,24)/b17-13-. The molecule has 1 N–H and O–H groups in total. The normalized spacial score (nSPS) is 10.5. The second-order valence-corrected chi connectivity index (χ2v) is 5.25. The minimum atomic E-state index is -0.478. The molecule has 132 valence electrons. The first-order valence-corrected chi connectivity index (χ1v) is 8.16. The zero-order valence-electron chi connectivity index (χ0n) is 14.6. The van der Waals surface area contributed by atoms with Crippen LogP contribution in [0.3, 0.4) is 0 Å². The molecule has 0 fully saturated rings. The molecule has 0 bridgehead atoms. The van der Waals surface area contributed by atoms with Crippen LogP contribution in [0.4, 0.5) is 5.69 Å². The molecule has 0 heterocycles. The third kappa shape index (κ3) is 5.53. The maximum atomic E-state index is 12.3. The van der Waals surface area contributed by atoms with Crippen LogP contribution in [0.15, 0.2) is 66.8 Å². The van der Waals surface area contributed by atoms with Crippen molar-refractivity contribution >= 4 is 17.7 Å². The quantitative estimate of drug-likeness (QED) is 0.441. The van der Waals surface area contributed by atoms with E-state index in [-0.39, 0.29) is 5.57 Å². The molecular formula is C21H20N2O3. The summed E-state index contributed by atoms with van der Waals surface area (Å²) in [6.45, 7) is 6.46. The number of ether oxygens (including phenoxy) is 2. The summed E-state index contributed by atoms with van der Waals surface area (Å²) in [5.74, 6) is 0.884. The molecule has 0 aromatic heterocycles. The molecule has 2 rings (SSSR count). The number of benzene rings is 2. The van der Waals surface area contributed by atoms with E-state index < -0.39 is 5.91 Å². The van der Waals surface area contributed by atoms with Crippen molar-refractivity contribution in [2.45, 2.75) is 6.92 Å². The lowest BCUT2D eigenvalue weighted by Gasteiger charge is -2.07. The smallest absolute Gasteiger partial charge is 0.266 e. The summed E-state index contributed by atoms with van der Waals surface area (Å²) in [5, 5.41) is 12.0. The van der Waals surface area contributed by atoms with Gasteiger partial charge in [0, 0.05) is 5.69 Å². The van der Waals surface area contributed by atoms with E-state index in [4.69, 9.17) is 9.47 Å². The number of nitriles is 1. The van der Waals surface area contributed by atoms with Crippen LogP contribution in [0.5, 0.6) is 11.5 Å².